The van der Waals surface area contributed by atoms with Gasteiger partial charge in [-0.1, -0.05) is 17.7 Å². The molecule has 0 fully saturated rings. The third-order valence-electron chi connectivity index (χ3n) is 4.74. The fraction of sp³-hybridized carbons (Fsp3) is 0.300. The second kappa shape index (κ2) is 8.06. The van der Waals surface area contributed by atoms with Crippen molar-refractivity contribution >= 4 is 23.4 Å². The normalized spacial score (nSPS) is 15.7. The molecule has 0 aromatic heterocycles. The lowest BCUT2D eigenvalue weighted by Gasteiger charge is -2.35. The van der Waals surface area contributed by atoms with Crippen LogP contribution in [-0.4, -0.2) is 37.0 Å². The molecule has 2 aromatic rings. The standard InChI is InChI=1S/C20H20ClFN2O4/c1-11-15-9-14(22)4-3-12(15)5-6-24(11)20(26)13-7-16(21)19(17(8-13)27-2)28-10-18(23)25/h3-4,7-9,11H,5-6,10H2,1-2H3,(H2,23,25). The van der Waals surface area contributed by atoms with E-state index in [1.165, 1.54) is 31.4 Å². The van der Waals surface area contributed by atoms with Crippen LogP contribution in [0.2, 0.25) is 5.02 Å². The third-order valence-corrected chi connectivity index (χ3v) is 5.02. The molecule has 1 aliphatic heterocycles. The van der Waals surface area contributed by atoms with Crippen LogP contribution < -0.4 is 15.2 Å². The number of carbonyl (C=O) groups excluding carboxylic acids is 2. The van der Waals surface area contributed by atoms with E-state index in [0.29, 0.717) is 18.5 Å². The zero-order chi connectivity index (χ0) is 20.4. The van der Waals surface area contributed by atoms with E-state index in [1.807, 2.05) is 6.92 Å². The van der Waals surface area contributed by atoms with Gasteiger partial charge in [0.05, 0.1) is 18.2 Å². The van der Waals surface area contributed by atoms with Gasteiger partial charge in [0.2, 0.25) is 0 Å². The first-order chi connectivity index (χ1) is 13.3. The Bertz CT molecular complexity index is 935. The molecule has 1 atom stereocenters. The van der Waals surface area contributed by atoms with Crippen LogP contribution in [0.5, 0.6) is 11.5 Å². The first kappa shape index (κ1) is 19.9. The van der Waals surface area contributed by atoms with Crippen LogP contribution in [-0.2, 0) is 11.2 Å². The molecule has 1 aliphatic rings. The maximum absolute atomic E-state index is 13.7. The number of halogens is 2. The Hall–Kier alpha value is -2.80. The molecule has 1 unspecified atom stereocenters. The van der Waals surface area contributed by atoms with Crippen LogP contribution in [0.15, 0.2) is 30.3 Å². The zero-order valence-electron chi connectivity index (χ0n) is 15.5. The van der Waals surface area contributed by atoms with Crippen LogP contribution >= 0.6 is 11.6 Å². The van der Waals surface area contributed by atoms with Gasteiger partial charge in [-0.3, -0.25) is 9.59 Å². The number of nitrogens with two attached hydrogens (primary N) is 1. The largest absolute Gasteiger partial charge is 0.493 e. The van der Waals surface area contributed by atoms with Crippen LogP contribution in [0.1, 0.15) is 34.5 Å². The van der Waals surface area contributed by atoms with E-state index >= 15 is 0 Å². The van der Waals surface area contributed by atoms with Crippen molar-refractivity contribution in [3.8, 4) is 11.5 Å². The summed E-state index contributed by atoms with van der Waals surface area (Å²) in [6.45, 7) is 1.99. The highest BCUT2D eigenvalue weighted by atomic mass is 35.5. The van der Waals surface area contributed by atoms with Crippen molar-refractivity contribution in [1.82, 2.24) is 4.90 Å². The van der Waals surface area contributed by atoms with E-state index in [4.69, 9.17) is 26.8 Å². The number of hydrogen-bond donors (Lipinski definition) is 1. The topological polar surface area (TPSA) is 81.9 Å². The lowest BCUT2D eigenvalue weighted by molar-refractivity contribution is -0.119. The molecule has 6 nitrogen and oxygen atoms in total. The number of primary amides is 1. The number of methoxy groups -OCH3 is 1. The monoisotopic (exact) mass is 406 g/mol. The Morgan fingerprint density at radius 1 is 1.32 bits per heavy atom. The van der Waals surface area contributed by atoms with Crippen LogP contribution in [0.25, 0.3) is 0 Å². The first-order valence-corrected chi connectivity index (χ1v) is 9.07. The van der Waals surface area contributed by atoms with E-state index in [9.17, 15) is 14.0 Å². The number of benzene rings is 2. The smallest absolute Gasteiger partial charge is 0.255 e. The van der Waals surface area contributed by atoms with Crippen LogP contribution in [0.4, 0.5) is 4.39 Å². The summed E-state index contributed by atoms with van der Waals surface area (Å²) in [5.41, 5.74) is 7.21. The molecule has 2 aromatic carbocycles. The Morgan fingerprint density at radius 2 is 2.07 bits per heavy atom. The summed E-state index contributed by atoms with van der Waals surface area (Å²) in [6, 6.07) is 7.32. The molecule has 0 bridgehead atoms. The summed E-state index contributed by atoms with van der Waals surface area (Å²) < 4.78 is 24.2. The van der Waals surface area contributed by atoms with Gasteiger partial charge in [0, 0.05) is 12.1 Å². The molecule has 0 saturated carbocycles. The quantitative estimate of drug-likeness (QED) is 0.827. The van der Waals surface area contributed by atoms with Gasteiger partial charge in [-0.15, -0.1) is 0 Å². The first-order valence-electron chi connectivity index (χ1n) is 8.69. The van der Waals surface area contributed by atoms with Gasteiger partial charge in [0.15, 0.2) is 18.1 Å². The minimum Gasteiger partial charge on any atom is -0.493 e. The highest BCUT2D eigenvalue weighted by Gasteiger charge is 2.29. The molecule has 8 heteroatoms. The number of nitrogens with zero attached hydrogens (tertiary/aromatic N) is 1. The minimum atomic E-state index is -0.661. The highest BCUT2D eigenvalue weighted by molar-refractivity contribution is 6.32. The average molecular weight is 407 g/mol. The van der Waals surface area contributed by atoms with Crippen molar-refractivity contribution in [1.29, 1.82) is 0 Å². The summed E-state index contributed by atoms with van der Waals surface area (Å²) in [6.07, 6.45) is 0.635. The molecule has 3 rings (SSSR count). The van der Waals surface area contributed by atoms with Crippen molar-refractivity contribution in [2.24, 2.45) is 5.73 Å². The number of ether oxygens (including phenoxy) is 2. The van der Waals surface area contributed by atoms with E-state index in [-0.39, 0.29) is 40.9 Å². The lowest BCUT2D eigenvalue weighted by Crippen LogP contribution is -2.39. The number of rotatable bonds is 5. The van der Waals surface area contributed by atoms with Crippen molar-refractivity contribution in [2.75, 3.05) is 20.3 Å². The number of carbonyl (C=O) groups is 2. The van der Waals surface area contributed by atoms with E-state index in [0.717, 1.165) is 11.1 Å². The van der Waals surface area contributed by atoms with Gasteiger partial charge in [0.1, 0.15) is 5.82 Å². The van der Waals surface area contributed by atoms with Gasteiger partial charge < -0.3 is 20.1 Å². The zero-order valence-corrected chi connectivity index (χ0v) is 16.3. The molecule has 148 valence electrons. The SMILES string of the molecule is COc1cc(C(=O)N2CCc3ccc(F)cc3C2C)cc(Cl)c1OCC(N)=O. The molecule has 0 spiro atoms. The summed E-state index contributed by atoms with van der Waals surface area (Å²) in [4.78, 5) is 25.7. The molecule has 28 heavy (non-hydrogen) atoms. The van der Waals surface area contributed by atoms with E-state index < -0.39 is 5.91 Å². The molecule has 0 radical (unpaired) electrons. The van der Waals surface area contributed by atoms with Crippen molar-refractivity contribution in [2.45, 2.75) is 19.4 Å². The summed E-state index contributed by atoms with van der Waals surface area (Å²) in [5.74, 6) is -0.900. The Morgan fingerprint density at radius 3 is 2.75 bits per heavy atom. The van der Waals surface area contributed by atoms with Crippen molar-refractivity contribution in [3.63, 3.8) is 0 Å². The Labute approximate surface area is 167 Å². The maximum atomic E-state index is 13.7. The van der Waals surface area contributed by atoms with Gasteiger partial charge in [-0.25, -0.2) is 4.39 Å². The summed E-state index contributed by atoms with van der Waals surface area (Å²) >= 11 is 6.24. The van der Waals surface area contributed by atoms with Gasteiger partial charge in [-0.2, -0.15) is 0 Å². The van der Waals surface area contributed by atoms with Gasteiger partial charge in [0.25, 0.3) is 11.8 Å². The number of hydrogen-bond acceptors (Lipinski definition) is 4. The van der Waals surface area contributed by atoms with Gasteiger partial charge in [-0.05, 0) is 48.7 Å². The minimum absolute atomic E-state index is 0.125. The molecule has 2 N–H and O–H groups in total. The fourth-order valence-electron chi connectivity index (χ4n) is 3.35. The van der Waals surface area contributed by atoms with E-state index in [2.05, 4.69) is 0 Å². The van der Waals surface area contributed by atoms with Crippen molar-refractivity contribution in [3.05, 3.63) is 57.9 Å². The Balaban J connectivity index is 1.90. The summed E-state index contributed by atoms with van der Waals surface area (Å²) in [7, 11) is 1.40. The molecular weight excluding hydrogens is 387 g/mol. The predicted molar refractivity (Wildman–Crippen MR) is 102 cm³/mol. The highest BCUT2D eigenvalue weighted by Crippen LogP contribution is 2.38. The summed E-state index contributed by atoms with van der Waals surface area (Å²) in [5, 5.41) is 0.125. The molecule has 1 heterocycles. The second-order valence-electron chi connectivity index (χ2n) is 6.51. The van der Waals surface area contributed by atoms with E-state index in [1.54, 1.807) is 11.0 Å². The molecular formula is C20H20ClFN2O4. The van der Waals surface area contributed by atoms with Crippen LogP contribution in [0.3, 0.4) is 0 Å². The fourth-order valence-corrected chi connectivity index (χ4v) is 3.62. The van der Waals surface area contributed by atoms with Crippen LogP contribution in [0, 0.1) is 5.82 Å². The average Bonchev–Trinajstić information content (AvgIpc) is 2.66. The lowest BCUT2D eigenvalue weighted by atomic mass is 9.93. The molecule has 0 saturated heterocycles. The number of amides is 2. The third kappa shape index (κ3) is 3.89. The predicted octanol–water partition coefficient (Wildman–Crippen LogP) is 3.11. The maximum Gasteiger partial charge on any atom is 0.255 e. The molecule has 2 amide bonds. The second-order valence-corrected chi connectivity index (χ2v) is 6.92. The number of fused-ring (bicyclic) bond motifs is 1. The van der Waals surface area contributed by atoms with Gasteiger partial charge >= 0.3 is 0 Å². The Kier molecular flexibility index (Phi) is 5.74. The molecule has 0 aliphatic carbocycles. The van der Waals surface area contributed by atoms with Crippen molar-refractivity contribution < 1.29 is 23.5 Å².